The molecule has 1 heterocycles. The fourth-order valence-corrected chi connectivity index (χ4v) is 4.37. The summed E-state index contributed by atoms with van der Waals surface area (Å²) in [5.74, 6) is 1.17. The molecule has 0 bridgehead atoms. The first-order chi connectivity index (χ1) is 25.9. The number of rotatable bonds is 29. The Hall–Kier alpha value is -3.49. The van der Waals surface area contributed by atoms with Crippen molar-refractivity contribution in [3.63, 3.8) is 0 Å². The van der Waals surface area contributed by atoms with Crippen molar-refractivity contribution >= 4 is 28.9 Å². The topological polar surface area (TPSA) is 112 Å². The van der Waals surface area contributed by atoms with E-state index >= 15 is 0 Å². The van der Waals surface area contributed by atoms with E-state index in [0.717, 1.165) is 16.8 Å². The van der Waals surface area contributed by atoms with Gasteiger partial charge in [-0.15, -0.1) is 0 Å². The van der Waals surface area contributed by atoms with Crippen LogP contribution in [0.4, 0.5) is 32.0 Å². The first-order valence-electron chi connectivity index (χ1n) is 17.2. The molecule has 0 aliphatic heterocycles. The molecule has 0 unspecified atom stereocenters. The van der Waals surface area contributed by atoms with Gasteiger partial charge < -0.3 is 51.9 Å². The minimum Gasteiger partial charge on any atom is -0.491 e. The third-order valence-electron chi connectivity index (χ3n) is 7.04. The van der Waals surface area contributed by atoms with Crippen LogP contribution in [0.1, 0.15) is 11.5 Å². The summed E-state index contributed by atoms with van der Waals surface area (Å²) in [6.07, 6.45) is -11.1. The predicted molar refractivity (Wildman–Crippen MR) is 187 cm³/mol. The molecule has 0 aliphatic carbocycles. The Morgan fingerprint density at radius 3 is 1.48 bits per heavy atom. The van der Waals surface area contributed by atoms with Crippen molar-refractivity contribution in [1.29, 1.82) is 0 Å². The zero-order valence-electron chi connectivity index (χ0n) is 30.3. The van der Waals surface area contributed by atoms with E-state index in [1.54, 1.807) is 6.07 Å². The minimum atomic E-state index is -5.54. The Morgan fingerprint density at radius 2 is 1.04 bits per heavy atom. The van der Waals surface area contributed by atoms with Gasteiger partial charge in [0.05, 0.1) is 99.1 Å². The van der Waals surface area contributed by atoms with Crippen LogP contribution in [0.15, 0.2) is 46.9 Å². The predicted octanol–water partition coefficient (Wildman–Crippen LogP) is 6.07. The Balaban J connectivity index is 1.05. The molecule has 0 N–H and O–H groups in total. The van der Waals surface area contributed by atoms with Crippen LogP contribution < -0.4 is 9.64 Å². The van der Waals surface area contributed by atoms with Crippen molar-refractivity contribution in [3.8, 4) is 5.75 Å². The smallest absolute Gasteiger partial charge is 0.423 e. The normalized spacial score (nSPS) is 12.5. The second-order valence-electron chi connectivity index (χ2n) is 11.5. The Labute approximate surface area is 310 Å². The summed E-state index contributed by atoms with van der Waals surface area (Å²) in [5, 5.41) is 0. The number of oxazole rings is 1. The highest BCUT2D eigenvalue weighted by Gasteiger charge is 2.57. The lowest BCUT2D eigenvalue weighted by molar-refractivity contribution is -0.323. The largest absolute Gasteiger partial charge is 0.491 e. The van der Waals surface area contributed by atoms with Gasteiger partial charge in [-0.25, -0.2) is 4.98 Å². The van der Waals surface area contributed by atoms with Gasteiger partial charge in [-0.2, -0.15) is 26.3 Å². The highest BCUT2D eigenvalue weighted by molar-refractivity contribution is 5.77. The van der Waals surface area contributed by atoms with Gasteiger partial charge in [0.2, 0.25) is 12.0 Å². The third kappa shape index (κ3) is 18.7. The minimum absolute atomic E-state index is 0.0250. The summed E-state index contributed by atoms with van der Waals surface area (Å²) < 4.78 is 127. The molecule has 18 heteroatoms. The summed E-state index contributed by atoms with van der Waals surface area (Å²) in [7, 11) is 4.00. The number of hydrogen-bond donors (Lipinski definition) is 0. The Bertz CT molecular complexity index is 1440. The number of nitrogens with zero attached hydrogens (tertiary/aromatic N) is 2. The standard InChI is InChI=1S/C36H48F6N2O10/c1-44(2)29-6-3-28(4-7-29)5-10-33-43-31-9-8-30(27-32(31)54-33)52-25-23-50-21-19-48-17-15-46-13-11-45-12-14-47-16-18-49-20-22-51-24-26-53-34(35(37,38)39)36(40,41)42/h3-10,27,34H,11-26H2,1-2H3. The SMILES string of the molecule is CN(C)c1ccc(C=Cc2nc3ccc(OCCOCCOCCOCCOCCOCCOCCOCCOC(C(F)(F)F)C(F)(F)F)cc3o2)cc1. The van der Waals surface area contributed by atoms with Crippen LogP contribution in [0.2, 0.25) is 0 Å². The van der Waals surface area contributed by atoms with Crippen molar-refractivity contribution in [2.24, 2.45) is 0 Å². The van der Waals surface area contributed by atoms with Crippen molar-refractivity contribution < 1.29 is 73.4 Å². The number of fused-ring (bicyclic) bond motifs is 1. The van der Waals surface area contributed by atoms with Gasteiger partial charge in [-0.05, 0) is 35.9 Å². The van der Waals surface area contributed by atoms with E-state index in [1.807, 2.05) is 55.4 Å². The molecule has 0 saturated carbocycles. The van der Waals surface area contributed by atoms with E-state index < -0.39 is 31.7 Å². The Morgan fingerprint density at radius 1 is 0.593 bits per heavy atom. The van der Waals surface area contributed by atoms with Crippen molar-refractivity contribution in [2.75, 3.05) is 125 Å². The van der Waals surface area contributed by atoms with E-state index in [9.17, 15) is 26.3 Å². The molecular formula is C36H48F6N2O10. The molecule has 0 saturated heterocycles. The van der Waals surface area contributed by atoms with Crippen LogP contribution in [0.25, 0.3) is 23.3 Å². The number of ether oxygens (including phenoxy) is 9. The monoisotopic (exact) mass is 782 g/mol. The molecule has 304 valence electrons. The van der Waals surface area contributed by atoms with Gasteiger partial charge in [0, 0.05) is 31.9 Å². The zero-order chi connectivity index (χ0) is 39.1. The fraction of sp³-hybridized carbons (Fsp3) is 0.583. The van der Waals surface area contributed by atoms with Crippen LogP contribution in [-0.4, -0.2) is 143 Å². The lowest BCUT2D eigenvalue weighted by Gasteiger charge is -2.22. The number of aromatic nitrogens is 1. The maximum atomic E-state index is 12.3. The Kier molecular flexibility index (Phi) is 20.6. The molecule has 0 spiro atoms. The van der Waals surface area contributed by atoms with Gasteiger partial charge in [-0.3, -0.25) is 0 Å². The third-order valence-corrected chi connectivity index (χ3v) is 7.04. The van der Waals surface area contributed by atoms with Crippen molar-refractivity contribution in [2.45, 2.75) is 18.5 Å². The second kappa shape index (κ2) is 24.8. The highest BCUT2D eigenvalue weighted by atomic mass is 19.4. The number of anilines is 1. The molecule has 0 atom stereocenters. The van der Waals surface area contributed by atoms with E-state index in [2.05, 4.69) is 21.9 Å². The molecule has 0 radical (unpaired) electrons. The van der Waals surface area contributed by atoms with Crippen molar-refractivity contribution in [3.05, 3.63) is 53.9 Å². The van der Waals surface area contributed by atoms with E-state index in [0.29, 0.717) is 83.3 Å². The summed E-state index contributed by atoms with van der Waals surface area (Å²) >= 11 is 0. The van der Waals surface area contributed by atoms with Crippen LogP contribution in [0, 0.1) is 0 Å². The number of benzene rings is 2. The summed E-state index contributed by atoms with van der Waals surface area (Å²) in [4.78, 5) is 6.55. The average Bonchev–Trinajstić information content (AvgIpc) is 3.53. The average molecular weight is 783 g/mol. The molecular weight excluding hydrogens is 734 g/mol. The zero-order valence-corrected chi connectivity index (χ0v) is 30.3. The number of alkyl halides is 6. The van der Waals surface area contributed by atoms with Gasteiger partial charge in [0.1, 0.15) is 17.9 Å². The van der Waals surface area contributed by atoms with E-state index in [1.165, 1.54) is 0 Å². The van der Waals surface area contributed by atoms with Crippen LogP contribution in [0.3, 0.4) is 0 Å². The molecule has 12 nitrogen and oxygen atoms in total. The first kappa shape index (κ1) is 44.9. The van der Waals surface area contributed by atoms with Crippen LogP contribution in [0.5, 0.6) is 5.75 Å². The summed E-state index contributed by atoms with van der Waals surface area (Å²) in [6, 6.07) is 13.7. The summed E-state index contributed by atoms with van der Waals surface area (Å²) in [5.41, 5.74) is 3.55. The second-order valence-corrected chi connectivity index (χ2v) is 11.5. The van der Waals surface area contributed by atoms with E-state index in [-0.39, 0.29) is 26.4 Å². The molecule has 2 aromatic carbocycles. The quantitative estimate of drug-likeness (QED) is 0.0602. The van der Waals surface area contributed by atoms with E-state index in [4.69, 9.17) is 42.3 Å². The van der Waals surface area contributed by atoms with Gasteiger partial charge in [0.15, 0.2) is 5.58 Å². The van der Waals surface area contributed by atoms with Crippen LogP contribution >= 0.6 is 0 Å². The van der Waals surface area contributed by atoms with Crippen LogP contribution in [-0.2, 0) is 37.9 Å². The maximum Gasteiger partial charge on any atom is 0.423 e. The molecule has 0 fully saturated rings. The highest BCUT2D eigenvalue weighted by Crippen LogP contribution is 2.35. The lowest BCUT2D eigenvalue weighted by atomic mass is 10.2. The maximum absolute atomic E-state index is 12.3. The van der Waals surface area contributed by atoms with Gasteiger partial charge in [-0.1, -0.05) is 12.1 Å². The molecule has 1 aromatic heterocycles. The summed E-state index contributed by atoms with van der Waals surface area (Å²) in [6.45, 7) is 3.11. The fourth-order valence-electron chi connectivity index (χ4n) is 4.37. The molecule has 0 aliphatic rings. The number of halogens is 6. The molecule has 0 amide bonds. The first-order valence-corrected chi connectivity index (χ1v) is 17.2. The van der Waals surface area contributed by atoms with Crippen molar-refractivity contribution in [1.82, 2.24) is 4.98 Å². The number of hydrogen-bond acceptors (Lipinski definition) is 12. The molecule has 3 aromatic rings. The molecule has 54 heavy (non-hydrogen) atoms. The van der Waals surface area contributed by atoms with Gasteiger partial charge >= 0.3 is 12.4 Å². The van der Waals surface area contributed by atoms with Gasteiger partial charge in [0.25, 0.3) is 0 Å². The molecule has 3 rings (SSSR count). The lowest BCUT2D eigenvalue weighted by Crippen LogP contribution is -2.44.